The van der Waals surface area contributed by atoms with Gasteiger partial charge >= 0.3 is 12.3 Å². The summed E-state index contributed by atoms with van der Waals surface area (Å²) in [5.41, 5.74) is -1.94. The number of carbonyl (C=O) groups is 2. The monoisotopic (exact) mass is 382 g/mol. The first kappa shape index (κ1) is 31.2. The summed E-state index contributed by atoms with van der Waals surface area (Å²) in [6.07, 6.45) is -1.62. The summed E-state index contributed by atoms with van der Waals surface area (Å²) in [4.78, 5) is 25.2. The molecule has 0 unspecified atom stereocenters. The number of nitrogens with zero attached hydrogens (tertiary/aromatic N) is 2. The quantitative estimate of drug-likeness (QED) is 0.286. The number of nitriles is 2. The van der Waals surface area contributed by atoms with Gasteiger partial charge < -0.3 is 20.4 Å². The van der Waals surface area contributed by atoms with E-state index in [4.69, 9.17) is 51.1 Å². The molecular formula is C14H26N2O10. The summed E-state index contributed by atoms with van der Waals surface area (Å²) in [5, 5.41) is 61.3. The Labute approximate surface area is 150 Å². The van der Waals surface area contributed by atoms with Crippen molar-refractivity contribution in [1.29, 1.82) is 10.5 Å². The van der Waals surface area contributed by atoms with Crippen LogP contribution >= 0.6 is 0 Å². The molecule has 26 heavy (non-hydrogen) atoms. The van der Waals surface area contributed by atoms with Crippen LogP contribution in [0.1, 0.15) is 53.4 Å². The van der Waals surface area contributed by atoms with Crippen molar-refractivity contribution in [1.82, 2.24) is 0 Å². The Bertz CT molecular complexity index is 381. The van der Waals surface area contributed by atoms with E-state index in [-0.39, 0.29) is 0 Å². The maximum atomic E-state index is 8.56. The van der Waals surface area contributed by atoms with Crippen molar-refractivity contribution in [2.75, 3.05) is 0 Å². The molecule has 0 amide bonds. The molecule has 12 nitrogen and oxygen atoms in total. The Morgan fingerprint density at radius 2 is 0.885 bits per heavy atom. The molecule has 0 aliphatic carbocycles. The molecule has 0 radical (unpaired) electrons. The molecule has 0 rings (SSSR count). The Kier molecular flexibility index (Phi) is 22.4. The van der Waals surface area contributed by atoms with Gasteiger partial charge in [0.1, 0.15) is 12.1 Å². The first-order valence-electron chi connectivity index (χ1n) is 7.27. The van der Waals surface area contributed by atoms with E-state index >= 15 is 0 Å². The van der Waals surface area contributed by atoms with Crippen LogP contribution < -0.4 is 0 Å². The maximum absolute atomic E-state index is 8.56. The predicted molar refractivity (Wildman–Crippen MR) is 86.6 cm³/mol. The third kappa shape index (κ3) is 19.4. The van der Waals surface area contributed by atoms with Gasteiger partial charge in [-0.15, -0.1) is 0 Å². The largest absolute Gasteiger partial charge is 0.503 e. The molecule has 6 N–H and O–H groups in total. The summed E-state index contributed by atoms with van der Waals surface area (Å²) in [5.74, 6) is 0. The van der Waals surface area contributed by atoms with Crippen LogP contribution in [-0.2, 0) is 9.78 Å². The second kappa shape index (κ2) is 18.7. The summed E-state index contributed by atoms with van der Waals surface area (Å²) in [6.45, 7) is 7.18. The van der Waals surface area contributed by atoms with Gasteiger partial charge in [-0.25, -0.2) is 19.4 Å². The first-order chi connectivity index (χ1) is 11.9. The second-order valence-corrected chi connectivity index (χ2v) is 4.37. The fourth-order valence-electron chi connectivity index (χ4n) is 1.12. The molecule has 0 aliphatic rings. The molecule has 0 saturated heterocycles. The van der Waals surface area contributed by atoms with Crippen LogP contribution in [0, 0.1) is 22.7 Å². The summed E-state index contributed by atoms with van der Waals surface area (Å²) >= 11 is 0. The summed E-state index contributed by atoms with van der Waals surface area (Å²) < 4.78 is 0. The molecule has 0 heterocycles. The highest BCUT2D eigenvalue weighted by atomic mass is 17.1. The molecule has 0 atom stereocenters. The van der Waals surface area contributed by atoms with Crippen LogP contribution in [0.15, 0.2) is 0 Å². The lowest BCUT2D eigenvalue weighted by Gasteiger charge is -2.17. The third-order valence-corrected chi connectivity index (χ3v) is 3.04. The van der Waals surface area contributed by atoms with E-state index in [2.05, 4.69) is 9.78 Å². The van der Waals surface area contributed by atoms with E-state index in [0.29, 0.717) is 25.7 Å². The van der Waals surface area contributed by atoms with Crippen LogP contribution in [0.3, 0.4) is 0 Å². The van der Waals surface area contributed by atoms with Crippen molar-refractivity contribution in [2.45, 2.75) is 64.6 Å². The van der Waals surface area contributed by atoms with Crippen molar-refractivity contribution in [3.05, 3.63) is 0 Å². The molecule has 0 aromatic heterocycles. The van der Waals surface area contributed by atoms with Gasteiger partial charge in [-0.1, -0.05) is 27.7 Å². The van der Waals surface area contributed by atoms with Crippen molar-refractivity contribution < 1.29 is 50.3 Å². The minimum absolute atomic E-state index is 0.510. The number of hydrogen-bond acceptors (Lipinski definition) is 8. The van der Waals surface area contributed by atoms with Gasteiger partial charge in [0, 0.05) is 0 Å². The van der Waals surface area contributed by atoms with Gasteiger partial charge in [0.2, 0.25) is 0 Å². The van der Waals surface area contributed by atoms with Crippen molar-refractivity contribution >= 4 is 12.3 Å². The zero-order chi connectivity index (χ0) is 21.8. The van der Waals surface area contributed by atoms with Gasteiger partial charge in [-0.2, -0.15) is 10.5 Å². The minimum Gasteiger partial charge on any atom is -0.450 e. The van der Waals surface area contributed by atoms with Crippen LogP contribution in [0.25, 0.3) is 0 Å². The molecule has 12 heteroatoms. The maximum Gasteiger partial charge on any atom is 0.503 e. The van der Waals surface area contributed by atoms with Gasteiger partial charge in [-0.05, 0) is 25.7 Å². The molecular weight excluding hydrogens is 356 g/mol. The Morgan fingerprint density at radius 3 is 0.885 bits per heavy atom. The first-order valence-corrected chi connectivity index (χ1v) is 7.27. The number of rotatable bonds is 6. The average molecular weight is 382 g/mol. The second-order valence-electron chi connectivity index (χ2n) is 4.37. The Morgan fingerprint density at radius 1 is 0.731 bits per heavy atom. The minimum atomic E-state index is -1.83. The van der Waals surface area contributed by atoms with Crippen molar-refractivity contribution in [2.24, 2.45) is 0 Å². The normalized spacial score (nSPS) is 9.38. The van der Waals surface area contributed by atoms with Crippen LogP contribution in [0.5, 0.6) is 0 Å². The summed E-state index contributed by atoms with van der Waals surface area (Å²) in [7, 11) is 0. The molecule has 0 saturated carbocycles. The van der Waals surface area contributed by atoms with E-state index in [1.807, 2.05) is 12.1 Å². The van der Waals surface area contributed by atoms with Crippen LogP contribution in [-0.4, -0.2) is 54.5 Å². The molecule has 0 bridgehead atoms. The highest BCUT2D eigenvalue weighted by Crippen LogP contribution is 2.17. The zero-order valence-electron chi connectivity index (χ0n) is 15.0. The lowest BCUT2D eigenvalue weighted by molar-refractivity contribution is -0.306. The van der Waals surface area contributed by atoms with Crippen molar-refractivity contribution in [3.63, 3.8) is 0 Å². The zero-order valence-corrected chi connectivity index (χ0v) is 15.0. The van der Waals surface area contributed by atoms with Gasteiger partial charge in [-0.3, -0.25) is 10.5 Å². The Balaban J connectivity index is -0.000000134. The van der Waals surface area contributed by atoms with E-state index < -0.39 is 23.5 Å². The highest BCUT2D eigenvalue weighted by Gasteiger charge is 2.27. The summed E-state index contributed by atoms with van der Waals surface area (Å²) in [6, 6.07) is 3.78. The van der Waals surface area contributed by atoms with E-state index in [0.717, 1.165) is 0 Å². The molecule has 0 aromatic carbocycles. The predicted octanol–water partition coefficient (Wildman–Crippen LogP) is 3.56. The average Bonchev–Trinajstić information content (AvgIpc) is 2.60. The van der Waals surface area contributed by atoms with Gasteiger partial charge in [0.15, 0.2) is 11.2 Å². The fourth-order valence-corrected chi connectivity index (χ4v) is 1.12. The molecule has 152 valence electrons. The third-order valence-electron chi connectivity index (χ3n) is 3.04. The van der Waals surface area contributed by atoms with Crippen molar-refractivity contribution in [3.8, 4) is 12.1 Å². The fraction of sp³-hybridized carbons (Fsp3) is 0.714. The molecule has 0 aromatic rings. The molecule has 0 fully saturated rings. The molecule has 0 aliphatic heterocycles. The smallest absolute Gasteiger partial charge is 0.450 e. The highest BCUT2D eigenvalue weighted by molar-refractivity contribution is 5.53. The number of carboxylic acid groups (broad SMARTS) is 4. The van der Waals surface area contributed by atoms with Crippen LogP contribution in [0.2, 0.25) is 0 Å². The van der Waals surface area contributed by atoms with E-state index in [1.165, 1.54) is 0 Å². The van der Waals surface area contributed by atoms with E-state index in [1.54, 1.807) is 27.7 Å². The lowest BCUT2D eigenvalue weighted by atomic mass is 10.0. The molecule has 0 spiro atoms. The van der Waals surface area contributed by atoms with E-state index in [9.17, 15) is 0 Å². The topological polar surface area (TPSA) is 222 Å². The van der Waals surface area contributed by atoms with Crippen LogP contribution in [0.4, 0.5) is 9.59 Å². The SMILES string of the molecule is CCC(C#N)(CC)OO.CCC(C#N)(CC)OO.O=C(O)O.O=C(O)O. The standard InChI is InChI=1S/2C6H11NO2.2CH2O3/c2*1-3-6(4-2,5-7)9-8;2*2-1(3)4/h2*8H,3-4H2,1-2H3;2*(H2,2,3,4). The number of hydrogen-bond donors (Lipinski definition) is 6. The Hall–Kier alpha value is -2.64. The lowest BCUT2D eigenvalue weighted by Crippen LogP contribution is -2.27. The van der Waals surface area contributed by atoms with Gasteiger partial charge in [0.05, 0.1) is 0 Å². The van der Waals surface area contributed by atoms with Gasteiger partial charge in [0.25, 0.3) is 0 Å².